The predicted octanol–water partition coefficient (Wildman–Crippen LogP) is 1.63. The van der Waals surface area contributed by atoms with Crippen LogP contribution in [-0.2, 0) is 14.4 Å². The Morgan fingerprint density at radius 3 is 2.71 bits per heavy atom. The molecule has 0 spiro atoms. The standard InChI is InChI=1S/C12H16N4O4S/c17-7-13-12-14-10(16-21-12)9(11(18)19)15-20-8-5-3-1-2-4-6-8/h7-8H,1-6H2,(H,18,19)(H,13,14,16,17). The van der Waals surface area contributed by atoms with Crippen LogP contribution in [0.25, 0.3) is 0 Å². The average Bonchev–Trinajstić information content (AvgIpc) is 2.74. The molecule has 1 heterocycles. The van der Waals surface area contributed by atoms with Crippen LogP contribution in [-0.4, -0.2) is 38.7 Å². The third kappa shape index (κ3) is 4.48. The minimum atomic E-state index is -1.26. The van der Waals surface area contributed by atoms with Gasteiger partial charge in [-0.15, -0.1) is 0 Å². The number of nitrogens with one attached hydrogen (secondary N) is 1. The largest absolute Gasteiger partial charge is 0.476 e. The zero-order chi connectivity index (χ0) is 15.1. The van der Waals surface area contributed by atoms with E-state index in [0.717, 1.165) is 37.2 Å². The molecule has 0 saturated heterocycles. The Morgan fingerprint density at radius 1 is 1.38 bits per heavy atom. The molecule has 8 nitrogen and oxygen atoms in total. The number of hydrogen-bond donors (Lipinski definition) is 2. The molecule has 1 fully saturated rings. The molecule has 1 amide bonds. The average molecular weight is 312 g/mol. The second-order valence-corrected chi connectivity index (χ2v) is 5.40. The summed E-state index contributed by atoms with van der Waals surface area (Å²) in [6.07, 6.45) is 6.60. The van der Waals surface area contributed by atoms with E-state index in [1.165, 1.54) is 12.8 Å². The van der Waals surface area contributed by atoms with Crippen molar-refractivity contribution in [3.05, 3.63) is 5.82 Å². The number of carboxylic acid groups (broad SMARTS) is 1. The number of carbonyl (C=O) groups excluding carboxylic acids is 1. The van der Waals surface area contributed by atoms with Crippen molar-refractivity contribution >= 4 is 34.8 Å². The highest BCUT2D eigenvalue weighted by Gasteiger charge is 2.21. The molecule has 0 radical (unpaired) electrons. The summed E-state index contributed by atoms with van der Waals surface area (Å²) in [4.78, 5) is 30.8. The van der Waals surface area contributed by atoms with Crippen LogP contribution in [0.2, 0.25) is 0 Å². The summed E-state index contributed by atoms with van der Waals surface area (Å²) in [6, 6.07) is 0. The summed E-state index contributed by atoms with van der Waals surface area (Å²) < 4.78 is 3.86. The van der Waals surface area contributed by atoms with Gasteiger partial charge in [-0.3, -0.25) is 4.79 Å². The molecule has 0 atom stereocenters. The Bertz CT molecular complexity index is 523. The van der Waals surface area contributed by atoms with Crippen molar-refractivity contribution in [2.75, 3.05) is 5.32 Å². The summed E-state index contributed by atoms with van der Waals surface area (Å²) in [5, 5.41) is 15.4. The third-order valence-electron chi connectivity index (χ3n) is 3.12. The van der Waals surface area contributed by atoms with E-state index in [9.17, 15) is 14.7 Å². The SMILES string of the molecule is O=CNc1nc(C(=NOC2CCCCCC2)C(=O)O)ns1. The fourth-order valence-electron chi connectivity index (χ4n) is 2.08. The van der Waals surface area contributed by atoms with Crippen LogP contribution in [0.3, 0.4) is 0 Å². The maximum atomic E-state index is 11.2. The zero-order valence-electron chi connectivity index (χ0n) is 11.3. The first-order valence-electron chi connectivity index (χ1n) is 6.72. The summed E-state index contributed by atoms with van der Waals surface area (Å²) in [5.74, 6) is -1.33. The van der Waals surface area contributed by atoms with E-state index in [0.29, 0.717) is 6.41 Å². The molecule has 1 aromatic heterocycles. The van der Waals surface area contributed by atoms with Crippen LogP contribution < -0.4 is 5.32 Å². The van der Waals surface area contributed by atoms with Gasteiger partial charge in [-0.05, 0) is 25.7 Å². The van der Waals surface area contributed by atoms with Crippen molar-refractivity contribution in [2.45, 2.75) is 44.6 Å². The fourth-order valence-corrected chi connectivity index (χ4v) is 2.61. The Labute approximate surface area is 125 Å². The lowest BCUT2D eigenvalue weighted by atomic mass is 10.2. The first kappa shape index (κ1) is 15.4. The number of aliphatic carboxylic acids is 1. The lowest BCUT2D eigenvalue weighted by molar-refractivity contribution is -0.129. The molecular formula is C12H16N4O4S. The van der Waals surface area contributed by atoms with Crippen molar-refractivity contribution in [2.24, 2.45) is 5.16 Å². The van der Waals surface area contributed by atoms with Gasteiger partial charge in [0.25, 0.3) is 0 Å². The van der Waals surface area contributed by atoms with Crippen molar-refractivity contribution in [1.82, 2.24) is 9.36 Å². The van der Waals surface area contributed by atoms with Crippen LogP contribution in [0, 0.1) is 0 Å². The molecule has 1 aromatic rings. The predicted molar refractivity (Wildman–Crippen MR) is 76.3 cm³/mol. The van der Waals surface area contributed by atoms with Gasteiger partial charge in [0.2, 0.25) is 23.1 Å². The Morgan fingerprint density at radius 2 is 2.10 bits per heavy atom. The minimum absolute atomic E-state index is 0.0620. The monoisotopic (exact) mass is 312 g/mol. The summed E-state index contributed by atoms with van der Waals surface area (Å²) in [6.45, 7) is 0. The molecule has 0 unspecified atom stereocenters. The van der Waals surface area contributed by atoms with Gasteiger partial charge < -0.3 is 15.3 Å². The molecule has 2 rings (SSSR count). The Kier molecular flexibility index (Phi) is 5.61. The van der Waals surface area contributed by atoms with Gasteiger partial charge in [0.15, 0.2) is 0 Å². The molecule has 1 aliphatic carbocycles. The lowest BCUT2D eigenvalue weighted by Crippen LogP contribution is -2.19. The first-order chi connectivity index (χ1) is 10.2. The molecular weight excluding hydrogens is 296 g/mol. The van der Waals surface area contributed by atoms with Crippen LogP contribution in [0.1, 0.15) is 44.3 Å². The van der Waals surface area contributed by atoms with E-state index < -0.39 is 5.97 Å². The fraction of sp³-hybridized carbons (Fsp3) is 0.583. The second-order valence-electron chi connectivity index (χ2n) is 4.65. The van der Waals surface area contributed by atoms with Gasteiger partial charge >= 0.3 is 5.97 Å². The summed E-state index contributed by atoms with van der Waals surface area (Å²) >= 11 is 0.881. The van der Waals surface area contributed by atoms with Crippen LogP contribution in [0.5, 0.6) is 0 Å². The second kappa shape index (κ2) is 7.67. The number of nitrogens with zero attached hydrogens (tertiary/aromatic N) is 3. The number of aromatic nitrogens is 2. The zero-order valence-corrected chi connectivity index (χ0v) is 12.1. The number of amides is 1. The van der Waals surface area contributed by atoms with E-state index >= 15 is 0 Å². The number of anilines is 1. The van der Waals surface area contributed by atoms with Crippen molar-refractivity contribution in [1.29, 1.82) is 0 Å². The Balaban J connectivity index is 2.07. The molecule has 21 heavy (non-hydrogen) atoms. The van der Waals surface area contributed by atoms with E-state index in [1.807, 2.05) is 0 Å². The van der Waals surface area contributed by atoms with Gasteiger partial charge in [0, 0.05) is 11.5 Å². The van der Waals surface area contributed by atoms with Crippen LogP contribution >= 0.6 is 11.5 Å². The van der Waals surface area contributed by atoms with Gasteiger partial charge in [0.1, 0.15) is 6.10 Å². The first-order valence-corrected chi connectivity index (χ1v) is 7.49. The number of rotatable bonds is 6. The number of oxime groups is 1. The third-order valence-corrected chi connectivity index (χ3v) is 3.76. The highest BCUT2D eigenvalue weighted by molar-refractivity contribution is 7.10. The maximum Gasteiger partial charge on any atom is 0.362 e. The topological polar surface area (TPSA) is 114 Å². The number of carbonyl (C=O) groups is 2. The summed E-state index contributed by atoms with van der Waals surface area (Å²) in [7, 11) is 0. The van der Waals surface area contributed by atoms with Crippen molar-refractivity contribution < 1.29 is 19.5 Å². The van der Waals surface area contributed by atoms with Crippen molar-refractivity contribution in [3.63, 3.8) is 0 Å². The molecule has 1 aliphatic rings. The van der Waals surface area contributed by atoms with Gasteiger partial charge in [-0.2, -0.15) is 9.36 Å². The molecule has 0 aromatic carbocycles. The normalized spacial score (nSPS) is 17.0. The smallest absolute Gasteiger partial charge is 0.362 e. The Hall–Kier alpha value is -2.03. The molecule has 0 bridgehead atoms. The molecule has 1 saturated carbocycles. The molecule has 9 heteroatoms. The number of hydrogen-bond acceptors (Lipinski definition) is 7. The van der Waals surface area contributed by atoms with Crippen LogP contribution in [0.4, 0.5) is 5.13 Å². The highest BCUT2D eigenvalue weighted by atomic mass is 32.1. The molecule has 0 aliphatic heterocycles. The quantitative estimate of drug-likeness (QED) is 0.357. The maximum absolute atomic E-state index is 11.2. The molecule has 2 N–H and O–H groups in total. The van der Waals surface area contributed by atoms with Gasteiger partial charge in [-0.1, -0.05) is 18.0 Å². The van der Waals surface area contributed by atoms with E-state index in [4.69, 9.17) is 4.84 Å². The van der Waals surface area contributed by atoms with E-state index in [-0.39, 0.29) is 22.8 Å². The van der Waals surface area contributed by atoms with Gasteiger partial charge in [-0.25, -0.2) is 4.79 Å². The molecule has 114 valence electrons. The van der Waals surface area contributed by atoms with E-state index in [1.54, 1.807) is 0 Å². The van der Waals surface area contributed by atoms with Crippen LogP contribution in [0.15, 0.2) is 5.16 Å². The minimum Gasteiger partial charge on any atom is -0.476 e. The van der Waals surface area contributed by atoms with Gasteiger partial charge in [0.05, 0.1) is 0 Å². The van der Waals surface area contributed by atoms with Crippen molar-refractivity contribution in [3.8, 4) is 0 Å². The van der Waals surface area contributed by atoms with E-state index in [2.05, 4.69) is 19.8 Å². The highest BCUT2D eigenvalue weighted by Crippen LogP contribution is 2.20. The lowest BCUT2D eigenvalue weighted by Gasteiger charge is -2.11. The number of carboxylic acids is 1. The summed E-state index contributed by atoms with van der Waals surface area (Å²) in [5.41, 5.74) is -0.352.